The van der Waals surface area contributed by atoms with E-state index >= 15 is 0 Å². The van der Waals surface area contributed by atoms with Crippen LogP contribution in [0.4, 0.5) is 4.39 Å². The fourth-order valence-electron chi connectivity index (χ4n) is 2.25. The first-order valence-corrected chi connectivity index (χ1v) is 7.66. The van der Waals surface area contributed by atoms with Crippen molar-refractivity contribution in [1.82, 2.24) is 0 Å². The predicted molar refractivity (Wildman–Crippen MR) is 84.5 cm³/mol. The van der Waals surface area contributed by atoms with Gasteiger partial charge in [0, 0.05) is 0 Å². The normalized spacial score (nSPS) is 19.3. The van der Waals surface area contributed by atoms with E-state index in [1.54, 1.807) is 13.0 Å². The molecule has 1 aromatic carbocycles. The number of rotatable bonds is 5. The molecule has 1 aliphatic rings. The van der Waals surface area contributed by atoms with Gasteiger partial charge in [-0.2, -0.15) is 0 Å². The molecule has 122 valence electrons. The molecule has 1 aliphatic heterocycles. The van der Waals surface area contributed by atoms with Gasteiger partial charge >= 0.3 is 7.12 Å². The standard InChI is InChI=1S/C16H24BFO4/c1-7-19-13-10-11(9-12(18)14(13)20-8-2)17-21-15(3,4)16(5,6)22-17/h9-10H,7-8H2,1-6H3. The monoisotopic (exact) mass is 310 g/mol. The lowest BCUT2D eigenvalue weighted by Gasteiger charge is -2.32. The maximum absolute atomic E-state index is 14.3. The summed E-state index contributed by atoms with van der Waals surface area (Å²) in [7, 11) is -0.630. The molecule has 6 heteroatoms. The summed E-state index contributed by atoms with van der Waals surface area (Å²) in [6.07, 6.45) is 0. The Balaban J connectivity index is 2.37. The maximum atomic E-state index is 14.3. The number of ether oxygens (including phenoxy) is 2. The van der Waals surface area contributed by atoms with Crippen molar-refractivity contribution in [3.05, 3.63) is 17.9 Å². The van der Waals surface area contributed by atoms with Crippen molar-refractivity contribution in [2.45, 2.75) is 52.7 Å². The van der Waals surface area contributed by atoms with Crippen LogP contribution < -0.4 is 14.9 Å². The van der Waals surface area contributed by atoms with Gasteiger partial charge < -0.3 is 18.8 Å². The summed E-state index contributed by atoms with van der Waals surface area (Å²) in [5.41, 5.74) is -0.361. The molecule has 0 aromatic heterocycles. The second kappa shape index (κ2) is 6.09. The highest BCUT2D eigenvalue weighted by atomic mass is 19.1. The van der Waals surface area contributed by atoms with Crippen LogP contribution in [-0.4, -0.2) is 31.5 Å². The molecular weight excluding hydrogens is 286 g/mol. The van der Waals surface area contributed by atoms with Crippen LogP contribution in [0.2, 0.25) is 0 Å². The molecule has 0 spiro atoms. The third-order valence-electron chi connectivity index (χ3n) is 4.15. The summed E-state index contributed by atoms with van der Waals surface area (Å²) in [4.78, 5) is 0. The summed E-state index contributed by atoms with van der Waals surface area (Å²) in [5.74, 6) is 0.0243. The zero-order valence-electron chi connectivity index (χ0n) is 14.2. The summed E-state index contributed by atoms with van der Waals surface area (Å²) >= 11 is 0. The molecule has 1 heterocycles. The van der Waals surface area contributed by atoms with Crippen LogP contribution in [0.1, 0.15) is 41.5 Å². The van der Waals surface area contributed by atoms with Crippen molar-refractivity contribution >= 4 is 12.6 Å². The smallest absolute Gasteiger partial charge is 0.490 e. The minimum absolute atomic E-state index is 0.129. The molecule has 1 aromatic rings. The summed E-state index contributed by atoms with van der Waals surface area (Å²) in [6, 6.07) is 3.11. The van der Waals surface area contributed by atoms with Crippen LogP contribution >= 0.6 is 0 Å². The van der Waals surface area contributed by atoms with Crippen LogP contribution in [-0.2, 0) is 9.31 Å². The molecule has 22 heavy (non-hydrogen) atoms. The minimum Gasteiger partial charge on any atom is -0.490 e. The Hall–Kier alpha value is -1.27. The van der Waals surface area contributed by atoms with Crippen molar-refractivity contribution in [2.24, 2.45) is 0 Å². The van der Waals surface area contributed by atoms with Crippen LogP contribution in [0.3, 0.4) is 0 Å². The largest absolute Gasteiger partial charge is 0.495 e. The molecule has 0 amide bonds. The number of benzene rings is 1. The molecule has 0 N–H and O–H groups in total. The summed E-state index contributed by atoms with van der Waals surface area (Å²) in [5, 5.41) is 0. The fourth-order valence-corrected chi connectivity index (χ4v) is 2.25. The van der Waals surface area contributed by atoms with Gasteiger partial charge in [0.25, 0.3) is 0 Å². The average molecular weight is 310 g/mol. The van der Waals surface area contributed by atoms with Crippen molar-refractivity contribution in [3.8, 4) is 11.5 Å². The van der Waals surface area contributed by atoms with Crippen LogP contribution in [0.25, 0.3) is 0 Å². The molecule has 1 fully saturated rings. The molecular formula is C16H24BFO4. The number of hydrogen-bond donors (Lipinski definition) is 0. The zero-order valence-corrected chi connectivity index (χ0v) is 14.2. The Bertz CT molecular complexity index is 529. The average Bonchev–Trinajstić information content (AvgIpc) is 2.62. The van der Waals surface area contributed by atoms with Crippen molar-refractivity contribution in [3.63, 3.8) is 0 Å². The molecule has 0 saturated carbocycles. The molecule has 2 rings (SSSR count). The van der Waals surface area contributed by atoms with Crippen LogP contribution in [0, 0.1) is 5.82 Å². The third kappa shape index (κ3) is 3.08. The van der Waals surface area contributed by atoms with Gasteiger partial charge in [0.05, 0.1) is 24.4 Å². The predicted octanol–water partition coefficient (Wildman–Crippen LogP) is 2.92. The number of halogens is 1. The first-order chi connectivity index (χ1) is 10.2. The highest BCUT2D eigenvalue weighted by Gasteiger charge is 2.52. The molecule has 1 saturated heterocycles. The summed E-state index contributed by atoms with van der Waals surface area (Å²) < 4.78 is 37.1. The molecule has 0 bridgehead atoms. The van der Waals surface area contributed by atoms with Crippen molar-refractivity contribution < 1.29 is 23.2 Å². The van der Waals surface area contributed by atoms with Gasteiger partial charge in [-0.3, -0.25) is 0 Å². The second-order valence-electron chi connectivity index (χ2n) is 6.28. The quantitative estimate of drug-likeness (QED) is 0.784. The molecule has 0 unspecified atom stereocenters. The fraction of sp³-hybridized carbons (Fsp3) is 0.625. The molecule has 4 nitrogen and oxygen atoms in total. The lowest BCUT2D eigenvalue weighted by molar-refractivity contribution is 0.00578. The second-order valence-corrected chi connectivity index (χ2v) is 6.28. The van der Waals surface area contributed by atoms with E-state index in [1.165, 1.54) is 6.07 Å². The van der Waals surface area contributed by atoms with Gasteiger partial charge in [-0.05, 0) is 59.1 Å². The first kappa shape index (κ1) is 17.1. The van der Waals surface area contributed by atoms with Gasteiger partial charge in [-0.25, -0.2) is 4.39 Å². The van der Waals surface area contributed by atoms with E-state index in [9.17, 15) is 4.39 Å². The highest BCUT2D eigenvalue weighted by Crippen LogP contribution is 2.37. The van der Waals surface area contributed by atoms with Gasteiger partial charge in [-0.1, -0.05) is 0 Å². The zero-order chi connectivity index (χ0) is 16.5. The van der Waals surface area contributed by atoms with E-state index in [4.69, 9.17) is 18.8 Å². The van der Waals surface area contributed by atoms with Crippen LogP contribution in [0.15, 0.2) is 12.1 Å². The summed E-state index contributed by atoms with van der Waals surface area (Å²) in [6.45, 7) is 12.3. The topological polar surface area (TPSA) is 36.9 Å². The minimum atomic E-state index is -0.630. The molecule has 0 atom stereocenters. The van der Waals surface area contributed by atoms with E-state index in [-0.39, 0.29) is 5.75 Å². The molecule has 0 aliphatic carbocycles. The SMILES string of the molecule is CCOc1cc(B2OC(C)(C)C(C)(C)O2)cc(F)c1OCC. The van der Waals surface area contributed by atoms with Crippen molar-refractivity contribution in [1.29, 1.82) is 0 Å². The van der Waals surface area contributed by atoms with Gasteiger partial charge in [0.15, 0.2) is 17.3 Å². The highest BCUT2D eigenvalue weighted by molar-refractivity contribution is 6.62. The lowest BCUT2D eigenvalue weighted by Crippen LogP contribution is -2.41. The van der Waals surface area contributed by atoms with E-state index in [0.29, 0.717) is 24.4 Å². The van der Waals surface area contributed by atoms with Gasteiger partial charge in [0.1, 0.15) is 0 Å². The first-order valence-electron chi connectivity index (χ1n) is 7.66. The lowest BCUT2D eigenvalue weighted by atomic mass is 9.79. The van der Waals surface area contributed by atoms with Gasteiger partial charge in [-0.15, -0.1) is 0 Å². The Labute approximate surface area is 132 Å². The Morgan fingerprint density at radius 1 is 1.00 bits per heavy atom. The van der Waals surface area contributed by atoms with E-state index < -0.39 is 24.1 Å². The van der Waals surface area contributed by atoms with E-state index in [1.807, 2.05) is 34.6 Å². The van der Waals surface area contributed by atoms with Crippen molar-refractivity contribution in [2.75, 3.05) is 13.2 Å². The third-order valence-corrected chi connectivity index (χ3v) is 4.15. The van der Waals surface area contributed by atoms with Gasteiger partial charge in [0.2, 0.25) is 0 Å². The van der Waals surface area contributed by atoms with E-state index in [2.05, 4.69) is 0 Å². The Kier molecular flexibility index (Phi) is 4.73. The molecule has 0 radical (unpaired) electrons. The Morgan fingerprint density at radius 3 is 2.05 bits per heavy atom. The van der Waals surface area contributed by atoms with Crippen LogP contribution in [0.5, 0.6) is 11.5 Å². The maximum Gasteiger partial charge on any atom is 0.495 e. The van der Waals surface area contributed by atoms with E-state index in [0.717, 1.165) is 0 Å². The number of hydrogen-bond acceptors (Lipinski definition) is 4. The Morgan fingerprint density at radius 2 is 1.55 bits per heavy atom.